The summed E-state index contributed by atoms with van der Waals surface area (Å²) in [5.41, 5.74) is 3.68. The van der Waals surface area contributed by atoms with Gasteiger partial charge in [-0.15, -0.1) is 0 Å². The first-order valence-corrected chi connectivity index (χ1v) is 5.46. The molecule has 0 spiro atoms. The molecule has 0 unspecified atom stereocenters. The SMILES string of the molecule is COc1ccccc1C(=O)ONc1ccccc1. The highest BCUT2D eigenvalue weighted by atomic mass is 16.7. The minimum absolute atomic E-state index is 0.378. The highest BCUT2D eigenvalue weighted by molar-refractivity contribution is 5.92. The number of methoxy groups -OCH3 is 1. The first-order chi connectivity index (χ1) is 8.81. The van der Waals surface area contributed by atoms with Gasteiger partial charge in [-0.05, 0) is 24.3 Å². The van der Waals surface area contributed by atoms with Gasteiger partial charge in [0.1, 0.15) is 11.3 Å². The van der Waals surface area contributed by atoms with Crippen molar-refractivity contribution in [1.82, 2.24) is 0 Å². The van der Waals surface area contributed by atoms with Gasteiger partial charge in [-0.2, -0.15) is 0 Å². The number of benzene rings is 2. The second kappa shape index (κ2) is 5.72. The smallest absolute Gasteiger partial charge is 0.366 e. The maximum atomic E-state index is 11.8. The first-order valence-electron chi connectivity index (χ1n) is 5.46. The monoisotopic (exact) mass is 243 g/mol. The lowest BCUT2D eigenvalue weighted by molar-refractivity contribution is 0.0593. The number of carbonyl (C=O) groups excluding carboxylic acids is 1. The van der Waals surface area contributed by atoms with Gasteiger partial charge in [0.2, 0.25) is 0 Å². The molecular weight excluding hydrogens is 230 g/mol. The summed E-state index contributed by atoms with van der Waals surface area (Å²) in [7, 11) is 1.51. The molecule has 0 amide bonds. The fraction of sp³-hybridized carbons (Fsp3) is 0.0714. The predicted molar refractivity (Wildman–Crippen MR) is 68.5 cm³/mol. The number of rotatable bonds is 4. The molecule has 0 heterocycles. The van der Waals surface area contributed by atoms with Crippen molar-refractivity contribution in [2.24, 2.45) is 0 Å². The fourth-order valence-electron chi connectivity index (χ4n) is 1.48. The van der Waals surface area contributed by atoms with E-state index in [1.807, 2.05) is 18.2 Å². The van der Waals surface area contributed by atoms with Crippen molar-refractivity contribution in [1.29, 1.82) is 0 Å². The van der Waals surface area contributed by atoms with Crippen molar-refractivity contribution in [2.45, 2.75) is 0 Å². The molecule has 0 saturated carbocycles. The van der Waals surface area contributed by atoms with Crippen LogP contribution >= 0.6 is 0 Å². The Kier molecular flexibility index (Phi) is 3.81. The van der Waals surface area contributed by atoms with E-state index in [4.69, 9.17) is 9.57 Å². The second-order valence-electron chi connectivity index (χ2n) is 3.56. The zero-order chi connectivity index (χ0) is 12.8. The highest BCUT2D eigenvalue weighted by Gasteiger charge is 2.12. The number of hydrogen-bond donors (Lipinski definition) is 1. The highest BCUT2D eigenvalue weighted by Crippen LogP contribution is 2.18. The van der Waals surface area contributed by atoms with E-state index in [2.05, 4.69) is 5.48 Å². The Hall–Kier alpha value is -2.49. The minimum Gasteiger partial charge on any atom is -0.496 e. The van der Waals surface area contributed by atoms with Gasteiger partial charge in [0.05, 0.1) is 12.8 Å². The van der Waals surface area contributed by atoms with E-state index >= 15 is 0 Å². The minimum atomic E-state index is -0.490. The van der Waals surface area contributed by atoms with Crippen LogP contribution < -0.4 is 10.2 Å². The second-order valence-corrected chi connectivity index (χ2v) is 3.56. The zero-order valence-electron chi connectivity index (χ0n) is 9.92. The Morgan fingerprint density at radius 3 is 2.39 bits per heavy atom. The average molecular weight is 243 g/mol. The molecule has 92 valence electrons. The summed E-state index contributed by atoms with van der Waals surface area (Å²) in [5, 5.41) is 0. The van der Waals surface area contributed by atoms with Crippen LogP contribution in [0.25, 0.3) is 0 Å². The molecule has 0 radical (unpaired) electrons. The van der Waals surface area contributed by atoms with Gasteiger partial charge in [-0.25, -0.2) is 10.3 Å². The van der Waals surface area contributed by atoms with Crippen molar-refractivity contribution >= 4 is 11.7 Å². The van der Waals surface area contributed by atoms with E-state index in [9.17, 15) is 4.79 Å². The Labute approximate surface area is 105 Å². The number of para-hydroxylation sites is 2. The predicted octanol–water partition coefficient (Wildman–Crippen LogP) is 2.88. The number of nitrogens with one attached hydrogen (secondary N) is 1. The molecule has 0 atom stereocenters. The van der Waals surface area contributed by atoms with Crippen LogP contribution in [0.3, 0.4) is 0 Å². The maximum Gasteiger partial charge on any atom is 0.366 e. The van der Waals surface area contributed by atoms with Gasteiger partial charge in [-0.1, -0.05) is 30.3 Å². The molecule has 4 heteroatoms. The summed E-state index contributed by atoms with van der Waals surface area (Å²) >= 11 is 0. The van der Waals surface area contributed by atoms with Crippen molar-refractivity contribution in [3.63, 3.8) is 0 Å². The van der Waals surface area contributed by atoms with Crippen LogP contribution in [0, 0.1) is 0 Å². The third-order valence-corrected chi connectivity index (χ3v) is 2.36. The molecule has 2 rings (SSSR count). The molecule has 0 bridgehead atoms. The van der Waals surface area contributed by atoms with Crippen LogP contribution in [-0.4, -0.2) is 13.1 Å². The average Bonchev–Trinajstić information content (AvgIpc) is 2.45. The third-order valence-electron chi connectivity index (χ3n) is 2.36. The molecule has 18 heavy (non-hydrogen) atoms. The van der Waals surface area contributed by atoms with E-state index in [0.29, 0.717) is 17.0 Å². The van der Waals surface area contributed by atoms with Crippen LogP contribution in [0.1, 0.15) is 10.4 Å². The quantitative estimate of drug-likeness (QED) is 0.839. The van der Waals surface area contributed by atoms with Gasteiger partial charge >= 0.3 is 5.97 Å². The summed E-state index contributed by atoms with van der Waals surface area (Å²) < 4.78 is 5.09. The summed E-state index contributed by atoms with van der Waals surface area (Å²) in [6.45, 7) is 0. The van der Waals surface area contributed by atoms with E-state index in [-0.39, 0.29) is 0 Å². The lowest BCUT2D eigenvalue weighted by Crippen LogP contribution is -2.11. The van der Waals surface area contributed by atoms with E-state index in [1.54, 1.807) is 36.4 Å². The van der Waals surface area contributed by atoms with Gasteiger partial charge in [0, 0.05) is 0 Å². The van der Waals surface area contributed by atoms with Gasteiger partial charge < -0.3 is 9.57 Å². The zero-order valence-corrected chi connectivity index (χ0v) is 9.92. The molecule has 0 saturated heterocycles. The van der Waals surface area contributed by atoms with Gasteiger partial charge in [-0.3, -0.25) is 0 Å². The lowest BCUT2D eigenvalue weighted by Gasteiger charge is -2.09. The summed E-state index contributed by atoms with van der Waals surface area (Å²) in [5.74, 6) is -0.00587. The Morgan fingerprint density at radius 1 is 1.00 bits per heavy atom. The molecular formula is C14H13NO3. The molecule has 0 aliphatic heterocycles. The largest absolute Gasteiger partial charge is 0.496 e. The number of carbonyl (C=O) groups is 1. The van der Waals surface area contributed by atoms with Crippen LogP contribution in [0.2, 0.25) is 0 Å². The molecule has 2 aromatic carbocycles. The molecule has 4 nitrogen and oxygen atoms in total. The maximum absolute atomic E-state index is 11.8. The van der Waals surface area contributed by atoms with Crippen LogP contribution in [0.4, 0.5) is 5.69 Å². The van der Waals surface area contributed by atoms with Crippen LogP contribution in [0.15, 0.2) is 54.6 Å². The number of anilines is 1. The molecule has 0 aliphatic carbocycles. The van der Waals surface area contributed by atoms with Crippen molar-refractivity contribution in [3.8, 4) is 5.75 Å². The van der Waals surface area contributed by atoms with Crippen LogP contribution in [-0.2, 0) is 4.84 Å². The summed E-state index contributed by atoms with van der Waals surface area (Å²) in [4.78, 5) is 16.8. The standard InChI is InChI=1S/C14H13NO3/c1-17-13-10-6-5-9-12(13)14(16)18-15-11-7-3-2-4-8-11/h2-10,15H,1H3. The Morgan fingerprint density at radius 2 is 1.67 bits per heavy atom. The van der Waals surface area contributed by atoms with Crippen molar-refractivity contribution < 1.29 is 14.4 Å². The number of ether oxygens (including phenoxy) is 1. The fourth-order valence-corrected chi connectivity index (χ4v) is 1.48. The Bertz CT molecular complexity index is 526. The summed E-state index contributed by atoms with van der Waals surface area (Å²) in [6, 6.07) is 16.1. The summed E-state index contributed by atoms with van der Waals surface area (Å²) in [6.07, 6.45) is 0. The topological polar surface area (TPSA) is 47.6 Å². The van der Waals surface area contributed by atoms with E-state index in [1.165, 1.54) is 7.11 Å². The molecule has 0 aromatic heterocycles. The van der Waals surface area contributed by atoms with Gasteiger partial charge in [0.15, 0.2) is 0 Å². The molecule has 1 N–H and O–H groups in total. The van der Waals surface area contributed by atoms with E-state index in [0.717, 1.165) is 0 Å². The third kappa shape index (κ3) is 2.79. The number of hydrogen-bond acceptors (Lipinski definition) is 4. The lowest BCUT2D eigenvalue weighted by atomic mass is 10.2. The van der Waals surface area contributed by atoms with Crippen molar-refractivity contribution in [3.05, 3.63) is 60.2 Å². The first kappa shape index (κ1) is 12.0. The normalized spacial score (nSPS) is 9.61. The van der Waals surface area contributed by atoms with Crippen molar-refractivity contribution in [2.75, 3.05) is 12.6 Å². The molecule has 2 aromatic rings. The van der Waals surface area contributed by atoms with Crippen LogP contribution in [0.5, 0.6) is 5.75 Å². The Balaban J connectivity index is 2.04. The molecule has 0 aliphatic rings. The molecule has 0 fully saturated rings. The van der Waals surface area contributed by atoms with Gasteiger partial charge in [0.25, 0.3) is 0 Å². The van der Waals surface area contributed by atoms with E-state index < -0.39 is 5.97 Å².